The number of carboxylic acid groups (broad SMARTS) is 1. The lowest BCUT2D eigenvalue weighted by Gasteiger charge is -2.19. The monoisotopic (exact) mass is 265 g/mol. The highest BCUT2D eigenvalue weighted by Gasteiger charge is 2.16. The van der Waals surface area contributed by atoms with Crippen molar-refractivity contribution in [2.24, 2.45) is 0 Å². The number of hydrogen-bond donors (Lipinski definition) is 2. The van der Waals surface area contributed by atoms with E-state index in [9.17, 15) is 4.79 Å². The van der Waals surface area contributed by atoms with E-state index in [-0.39, 0.29) is 6.04 Å². The standard InChI is InChI=1S/C14H19NO4/c1-9-7-10(18-3)8-12(19-4)14(9)11(15-2)5-6-13(16)17/h5-8,11,15H,1-4H3,(H,16,17)/b6-5+. The van der Waals surface area contributed by atoms with Crippen LogP contribution < -0.4 is 14.8 Å². The second kappa shape index (κ2) is 6.80. The van der Waals surface area contributed by atoms with Crippen LogP contribution >= 0.6 is 0 Å². The normalized spacial score (nSPS) is 12.4. The molecule has 0 bridgehead atoms. The van der Waals surface area contributed by atoms with Crippen LogP contribution in [0.5, 0.6) is 11.5 Å². The summed E-state index contributed by atoms with van der Waals surface area (Å²) in [5, 5.41) is 11.8. The van der Waals surface area contributed by atoms with Crippen molar-refractivity contribution in [2.75, 3.05) is 21.3 Å². The first kappa shape index (κ1) is 15.0. The lowest BCUT2D eigenvalue weighted by Crippen LogP contribution is -2.16. The first-order valence-electron chi connectivity index (χ1n) is 5.84. The number of aliphatic carboxylic acids is 1. The lowest BCUT2D eigenvalue weighted by molar-refractivity contribution is -0.131. The molecule has 0 aliphatic heterocycles. The third-order valence-corrected chi connectivity index (χ3v) is 2.83. The van der Waals surface area contributed by atoms with Gasteiger partial charge >= 0.3 is 5.97 Å². The number of aryl methyl sites for hydroxylation is 1. The Labute approximate surface area is 112 Å². The van der Waals surface area contributed by atoms with Gasteiger partial charge in [0.25, 0.3) is 0 Å². The molecule has 0 amide bonds. The van der Waals surface area contributed by atoms with E-state index in [2.05, 4.69) is 5.32 Å². The number of likely N-dealkylation sites (N-methyl/N-ethyl adjacent to an activating group) is 1. The molecule has 0 aromatic heterocycles. The van der Waals surface area contributed by atoms with Gasteiger partial charge in [-0.05, 0) is 25.6 Å². The summed E-state index contributed by atoms with van der Waals surface area (Å²) in [5.74, 6) is 0.381. The first-order valence-corrected chi connectivity index (χ1v) is 5.84. The molecule has 0 radical (unpaired) electrons. The minimum atomic E-state index is -0.981. The maximum Gasteiger partial charge on any atom is 0.328 e. The van der Waals surface area contributed by atoms with Gasteiger partial charge in [-0.1, -0.05) is 6.08 Å². The maximum absolute atomic E-state index is 10.6. The number of carboxylic acids is 1. The lowest BCUT2D eigenvalue weighted by atomic mass is 9.99. The van der Waals surface area contributed by atoms with Crippen molar-refractivity contribution in [3.05, 3.63) is 35.4 Å². The number of benzene rings is 1. The minimum absolute atomic E-state index is 0.239. The minimum Gasteiger partial charge on any atom is -0.497 e. The molecule has 2 N–H and O–H groups in total. The van der Waals surface area contributed by atoms with Crippen molar-refractivity contribution >= 4 is 5.97 Å². The molecule has 1 atom stereocenters. The highest BCUT2D eigenvalue weighted by Crippen LogP contribution is 2.33. The Bertz CT molecular complexity index is 483. The van der Waals surface area contributed by atoms with Gasteiger partial charge in [0.05, 0.1) is 20.3 Å². The molecule has 1 unspecified atom stereocenters. The van der Waals surface area contributed by atoms with Crippen molar-refractivity contribution in [3.8, 4) is 11.5 Å². The number of methoxy groups -OCH3 is 2. The van der Waals surface area contributed by atoms with Gasteiger partial charge in [0.2, 0.25) is 0 Å². The van der Waals surface area contributed by atoms with E-state index >= 15 is 0 Å². The van der Waals surface area contributed by atoms with E-state index in [1.54, 1.807) is 33.4 Å². The molecular weight excluding hydrogens is 246 g/mol. The zero-order valence-electron chi connectivity index (χ0n) is 11.6. The van der Waals surface area contributed by atoms with Crippen molar-refractivity contribution < 1.29 is 19.4 Å². The summed E-state index contributed by atoms with van der Waals surface area (Å²) in [4.78, 5) is 10.6. The van der Waals surface area contributed by atoms with Crippen molar-refractivity contribution in [1.82, 2.24) is 5.32 Å². The van der Waals surface area contributed by atoms with Crippen molar-refractivity contribution in [3.63, 3.8) is 0 Å². The molecule has 0 fully saturated rings. The summed E-state index contributed by atoms with van der Waals surface area (Å²) in [6, 6.07) is 3.43. The topological polar surface area (TPSA) is 67.8 Å². The van der Waals surface area contributed by atoms with Gasteiger partial charge in [0, 0.05) is 17.7 Å². The van der Waals surface area contributed by atoms with Crippen LogP contribution in [0, 0.1) is 6.92 Å². The number of carbonyl (C=O) groups is 1. The quantitative estimate of drug-likeness (QED) is 0.769. The Morgan fingerprint density at radius 3 is 2.53 bits per heavy atom. The van der Waals surface area contributed by atoms with Crippen LogP contribution in [0.4, 0.5) is 0 Å². The maximum atomic E-state index is 10.6. The summed E-state index contributed by atoms with van der Waals surface area (Å²) in [5.41, 5.74) is 1.86. The fraction of sp³-hybridized carbons (Fsp3) is 0.357. The molecule has 19 heavy (non-hydrogen) atoms. The third-order valence-electron chi connectivity index (χ3n) is 2.83. The fourth-order valence-corrected chi connectivity index (χ4v) is 1.93. The smallest absolute Gasteiger partial charge is 0.328 e. The summed E-state index contributed by atoms with van der Waals surface area (Å²) in [7, 11) is 4.93. The van der Waals surface area contributed by atoms with Gasteiger partial charge in [0.1, 0.15) is 11.5 Å². The molecule has 0 saturated carbocycles. The van der Waals surface area contributed by atoms with Crippen LogP contribution in [-0.4, -0.2) is 32.3 Å². The molecule has 0 aliphatic rings. The van der Waals surface area contributed by atoms with Crippen LogP contribution in [0.25, 0.3) is 0 Å². The Morgan fingerprint density at radius 1 is 1.37 bits per heavy atom. The Kier molecular flexibility index (Phi) is 5.38. The molecule has 1 aromatic carbocycles. The van der Waals surface area contributed by atoms with E-state index in [1.807, 2.05) is 13.0 Å². The largest absolute Gasteiger partial charge is 0.497 e. The predicted molar refractivity (Wildman–Crippen MR) is 72.9 cm³/mol. The molecule has 1 rings (SSSR count). The van der Waals surface area contributed by atoms with Crippen molar-refractivity contribution in [1.29, 1.82) is 0 Å². The number of rotatable bonds is 6. The Hall–Kier alpha value is -2.01. The molecule has 0 heterocycles. The Balaban J connectivity index is 3.26. The predicted octanol–water partition coefficient (Wildman–Crippen LogP) is 1.91. The van der Waals surface area contributed by atoms with E-state index in [0.29, 0.717) is 11.5 Å². The molecule has 5 heteroatoms. The van der Waals surface area contributed by atoms with E-state index in [4.69, 9.17) is 14.6 Å². The highest BCUT2D eigenvalue weighted by atomic mass is 16.5. The zero-order valence-corrected chi connectivity index (χ0v) is 11.6. The Morgan fingerprint density at radius 2 is 2.05 bits per heavy atom. The number of nitrogens with one attached hydrogen (secondary N) is 1. The van der Waals surface area contributed by atoms with E-state index < -0.39 is 5.97 Å². The SMILES string of the molecule is CNC(/C=C/C(=O)O)c1c(C)cc(OC)cc1OC. The van der Waals surface area contributed by atoms with Gasteiger partial charge in [-0.15, -0.1) is 0 Å². The van der Waals surface area contributed by atoms with E-state index in [1.165, 1.54) is 0 Å². The average molecular weight is 265 g/mol. The second-order valence-electron chi connectivity index (χ2n) is 4.02. The van der Waals surface area contributed by atoms with Crippen LogP contribution in [0.15, 0.2) is 24.3 Å². The van der Waals surface area contributed by atoms with Gasteiger partial charge in [-0.2, -0.15) is 0 Å². The van der Waals surface area contributed by atoms with E-state index in [0.717, 1.165) is 17.2 Å². The molecule has 104 valence electrons. The van der Waals surface area contributed by atoms with Gasteiger partial charge in [0.15, 0.2) is 0 Å². The zero-order chi connectivity index (χ0) is 14.4. The summed E-state index contributed by atoms with van der Waals surface area (Å²) in [6.07, 6.45) is 2.70. The van der Waals surface area contributed by atoms with Crippen LogP contribution in [0.1, 0.15) is 17.2 Å². The average Bonchev–Trinajstić information content (AvgIpc) is 2.39. The first-order chi connectivity index (χ1) is 9.03. The molecule has 1 aromatic rings. The molecular formula is C14H19NO4. The molecule has 0 spiro atoms. The van der Waals surface area contributed by atoms with Gasteiger partial charge in [-0.3, -0.25) is 0 Å². The fourth-order valence-electron chi connectivity index (χ4n) is 1.93. The van der Waals surface area contributed by atoms with Gasteiger partial charge in [-0.25, -0.2) is 4.79 Å². The summed E-state index contributed by atoms with van der Waals surface area (Å²) < 4.78 is 10.5. The van der Waals surface area contributed by atoms with Crippen LogP contribution in [0.3, 0.4) is 0 Å². The summed E-state index contributed by atoms with van der Waals surface area (Å²) in [6.45, 7) is 1.93. The molecule has 0 aliphatic carbocycles. The molecule has 0 saturated heterocycles. The highest BCUT2D eigenvalue weighted by molar-refractivity contribution is 5.80. The second-order valence-corrected chi connectivity index (χ2v) is 4.02. The van der Waals surface area contributed by atoms with Gasteiger partial charge < -0.3 is 19.9 Å². The molecule has 5 nitrogen and oxygen atoms in total. The number of hydrogen-bond acceptors (Lipinski definition) is 4. The number of ether oxygens (including phenoxy) is 2. The third kappa shape index (κ3) is 3.72. The van der Waals surface area contributed by atoms with Crippen LogP contribution in [-0.2, 0) is 4.79 Å². The van der Waals surface area contributed by atoms with Crippen molar-refractivity contribution in [2.45, 2.75) is 13.0 Å². The summed E-state index contributed by atoms with van der Waals surface area (Å²) >= 11 is 0. The van der Waals surface area contributed by atoms with Crippen LogP contribution in [0.2, 0.25) is 0 Å².